The van der Waals surface area contributed by atoms with E-state index in [2.05, 4.69) is 0 Å². The van der Waals surface area contributed by atoms with Crippen LogP contribution in [0.2, 0.25) is 0 Å². The Morgan fingerprint density at radius 2 is 1.87 bits per heavy atom. The second kappa shape index (κ2) is 3.72. The van der Waals surface area contributed by atoms with Crippen molar-refractivity contribution in [1.29, 1.82) is 0 Å². The van der Waals surface area contributed by atoms with E-state index < -0.39 is 0 Å². The van der Waals surface area contributed by atoms with Crippen LogP contribution in [0.15, 0.2) is 10.9 Å². The molecule has 0 aromatic carbocycles. The molecule has 1 heterocycles. The molecule has 0 spiro atoms. The van der Waals surface area contributed by atoms with E-state index in [0.29, 0.717) is 5.75 Å². The van der Waals surface area contributed by atoms with Gasteiger partial charge in [0.05, 0.1) is 12.7 Å². The number of rotatable bonds is 1. The van der Waals surface area contributed by atoms with Crippen LogP contribution in [0.3, 0.4) is 0 Å². The fourth-order valence-corrected chi connectivity index (χ4v) is 1.64. The number of nitrogens with zero attached hydrogens (tertiary/aromatic N) is 1. The Bertz CT molecular complexity index is 424. The van der Waals surface area contributed by atoms with Crippen LogP contribution in [0.5, 0.6) is 5.75 Å². The largest absolute Gasteiger partial charge is 0.496 e. The van der Waals surface area contributed by atoms with E-state index in [0.717, 1.165) is 11.3 Å². The van der Waals surface area contributed by atoms with E-state index in [9.17, 15) is 4.79 Å². The molecule has 3 nitrogen and oxygen atoms in total. The van der Waals surface area contributed by atoms with Crippen molar-refractivity contribution in [2.45, 2.75) is 33.1 Å². The SMILES string of the molecule is COc1cc(C)n(C)c(=O)c1C(C)(C)C. The van der Waals surface area contributed by atoms with Gasteiger partial charge in [0.25, 0.3) is 5.56 Å². The second-order valence-electron chi connectivity index (χ2n) is 4.84. The van der Waals surface area contributed by atoms with E-state index >= 15 is 0 Å². The Morgan fingerprint density at radius 3 is 2.27 bits per heavy atom. The molecule has 0 N–H and O–H groups in total. The van der Waals surface area contributed by atoms with Crippen molar-refractivity contribution in [3.05, 3.63) is 27.7 Å². The summed E-state index contributed by atoms with van der Waals surface area (Å²) in [4.78, 5) is 12.1. The average Bonchev–Trinajstić information content (AvgIpc) is 2.11. The van der Waals surface area contributed by atoms with Crippen LogP contribution in [0.1, 0.15) is 32.0 Å². The highest BCUT2D eigenvalue weighted by molar-refractivity contribution is 5.38. The van der Waals surface area contributed by atoms with Crippen LogP contribution in [0.25, 0.3) is 0 Å². The number of aryl methyl sites for hydroxylation is 1. The molecule has 0 amide bonds. The van der Waals surface area contributed by atoms with Crippen molar-refractivity contribution in [3.63, 3.8) is 0 Å². The lowest BCUT2D eigenvalue weighted by atomic mass is 9.87. The van der Waals surface area contributed by atoms with Crippen molar-refractivity contribution in [3.8, 4) is 5.75 Å². The van der Waals surface area contributed by atoms with Gasteiger partial charge in [-0.15, -0.1) is 0 Å². The first-order valence-electron chi connectivity index (χ1n) is 5.04. The zero-order valence-corrected chi connectivity index (χ0v) is 10.3. The monoisotopic (exact) mass is 209 g/mol. The Hall–Kier alpha value is -1.25. The summed E-state index contributed by atoms with van der Waals surface area (Å²) in [6, 6.07) is 1.90. The number of methoxy groups -OCH3 is 1. The Balaban J connectivity index is 3.63. The first-order chi connectivity index (χ1) is 6.79. The summed E-state index contributed by atoms with van der Waals surface area (Å²) in [5, 5.41) is 0. The highest BCUT2D eigenvalue weighted by atomic mass is 16.5. The molecular weight excluding hydrogens is 190 g/mol. The summed E-state index contributed by atoms with van der Waals surface area (Å²) in [7, 11) is 3.38. The predicted octanol–water partition coefficient (Wildman–Crippen LogP) is 2.00. The van der Waals surface area contributed by atoms with Gasteiger partial charge in [0.15, 0.2) is 0 Å². The third-order valence-electron chi connectivity index (χ3n) is 2.60. The quantitative estimate of drug-likeness (QED) is 0.708. The molecule has 0 aliphatic heterocycles. The molecular formula is C12H19NO2. The fraction of sp³-hybridized carbons (Fsp3) is 0.583. The van der Waals surface area contributed by atoms with E-state index in [1.54, 1.807) is 18.7 Å². The summed E-state index contributed by atoms with van der Waals surface area (Å²) in [5.74, 6) is 0.683. The molecule has 0 radical (unpaired) electrons. The van der Waals surface area contributed by atoms with E-state index in [1.807, 2.05) is 33.8 Å². The van der Waals surface area contributed by atoms with Gasteiger partial charge in [-0.1, -0.05) is 20.8 Å². The predicted molar refractivity (Wildman–Crippen MR) is 61.7 cm³/mol. The minimum atomic E-state index is -0.201. The fourth-order valence-electron chi connectivity index (χ4n) is 1.64. The molecule has 0 bridgehead atoms. The molecule has 0 aliphatic carbocycles. The van der Waals surface area contributed by atoms with Crippen molar-refractivity contribution in [1.82, 2.24) is 4.57 Å². The maximum absolute atomic E-state index is 12.1. The maximum atomic E-state index is 12.1. The third-order valence-corrected chi connectivity index (χ3v) is 2.60. The van der Waals surface area contributed by atoms with Crippen molar-refractivity contribution >= 4 is 0 Å². The van der Waals surface area contributed by atoms with E-state index in [-0.39, 0.29) is 11.0 Å². The van der Waals surface area contributed by atoms with Gasteiger partial charge in [0.1, 0.15) is 5.75 Å². The Labute approximate surface area is 90.7 Å². The van der Waals surface area contributed by atoms with Gasteiger partial charge in [-0.2, -0.15) is 0 Å². The van der Waals surface area contributed by atoms with Crippen LogP contribution >= 0.6 is 0 Å². The maximum Gasteiger partial charge on any atom is 0.257 e. The first kappa shape index (κ1) is 11.8. The van der Waals surface area contributed by atoms with Gasteiger partial charge in [0.2, 0.25) is 0 Å². The number of hydrogen-bond acceptors (Lipinski definition) is 2. The van der Waals surface area contributed by atoms with Crippen molar-refractivity contribution < 1.29 is 4.74 Å². The summed E-state index contributed by atoms with van der Waals surface area (Å²) in [6.07, 6.45) is 0. The number of pyridine rings is 1. The van der Waals surface area contributed by atoms with Gasteiger partial charge in [-0.05, 0) is 18.4 Å². The van der Waals surface area contributed by atoms with Crippen LogP contribution in [0.4, 0.5) is 0 Å². The molecule has 1 rings (SSSR count). The Kier molecular flexibility index (Phi) is 2.93. The summed E-state index contributed by atoms with van der Waals surface area (Å²) in [6.45, 7) is 7.95. The van der Waals surface area contributed by atoms with Gasteiger partial charge in [0, 0.05) is 12.7 Å². The molecule has 0 fully saturated rings. The molecule has 0 saturated carbocycles. The van der Waals surface area contributed by atoms with E-state index in [1.165, 1.54) is 0 Å². The minimum Gasteiger partial charge on any atom is -0.496 e. The van der Waals surface area contributed by atoms with Crippen LogP contribution in [-0.2, 0) is 12.5 Å². The van der Waals surface area contributed by atoms with Gasteiger partial charge in [-0.3, -0.25) is 4.79 Å². The normalized spacial score (nSPS) is 11.6. The standard InChI is InChI=1S/C12H19NO2/c1-8-7-9(15-6)10(12(2,3)4)11(14)13(8)5/h7H,1-6H3. The van der Waals surface area contributed by atoms with Crippen LogP contribution < -0.4 is 10.3 Å². The summed E-state index contributed by atoms with van der Waals surface area (Å²) < 4.78 is 6.93. The zero-order chi connectivity index (χ0) is 11.8. The highest BCUT2D eigenvalue weighted by Crippen LogP contribution is 2.28. The first-order valence-corrected chi connectivity index (χ1v) is 5.04. The highest BCUT2D eigenvalue weighted by Gasteiger charge is 2.24. The third kappa shape index (κ3) is 2.06. The lowest BCUT2D eigenvalue weighted by molar-refractivity contribution is 0.392. The lowest BCUT2D eigenvalue weighted by Gasteiger charge is -2.22. The molecule has 0 atom stereocenters. The molecule has 1 aromatic heterocycles. The molecule has 84 valence electrons. The van der Waals surface area contributed by atoms with Gasteiger partial charge in [-0.25, -0.2) is 0 Å². The molecule has 3 heteroatoms. The zero-order valence-electron chi connectivity index (χ0n) is 10.3. The van der Waals surface area contributed by atoms with E-state index in [4.69, 9.17) is 4.74 Å². The minimum absolute atomic E-state index is 0.0272. The summed E-state index contributed by atoms with van der Waals surface area (Å²) in [5.41, 5.74) is 1.47. The number of aromatic nitrogens is 1. The van der Waals surface area contributed by atoms with Crippen molar-refractivity contribution in [2.75, 3.05) is 7.11 Å². The summed E-state index contributed by atoms with van der Waals surface area (Å²) >= 11 is 0. The smallest absolute Gasteiger partial charge is 0.257 e. The molecule has 1 aromatic rings. The lowest BCUT2D eigenvalue weighted by Crippen LogP contribution is -2.30. The second-order valence-corrected chi connectivity index (χ2v) is 4.84. The Morgan fingerprint density at radius 1 is 1.33 bits per heavy atom. The van der Waals surface area contributed by atoms with Crippen LogP contribution in [0, 0.1) is 6.92 Å². The average molecular weight is 209 g/mol. The number of hydrogen-bond donors (Lipinski definition) is 0. The molecule has 0 saturated heterocycles. The molecule has 15 heavy (non-hydrogen) atoms. The number of ether oxygens (including phenoxy) is 1. The van der Waals surface area contributed by atoms with Crippen LogP contribution in [-0.4, -0.2) is 11.7 Å². The molecule has 0 aliphatic rings. The van der Waals surface area contributed by atoms with Gasteiger partial charge >= 0.3 is 0 Å². The topological polar surface area (TPSA) is 31.2 Å². The van der Waals surface area contributed by atoms with Crippen molar-refractivity contribution in [2.24, 2.45) is 7.05 Å². The molecule has 0 unspecified atom stereocenters. The van der Waals surface area contributed by atoms with Gasteiger partial charge < -0.3 is 9.30 Å².